The van der Waals surface area contributed by atoms with Gasteiger partial charge in [0, 0.05) is 37.3 Å². The highest BCUT2D eigenvalue weighted by Crippen LogP contribution is 2.44. The Morgan fingerprint density at radius 3 is 2.54 bits per heavy atom. The number of aryl methyl sites for hydroxylation is 1. The average Bonchev–Trinajstić information content (AvgIpc) is 3.15. The Morgan fingerprint density at radius 1 is 1.08 bits per heavy atom. The highest BCUT2D eigenvalue weighted by atomic mass is 19.1. The average molecular weight is 353 g/mol. The number of amides is 2. The van der Waals surface area contributed by atoms with Gasteiger partial charge in [-0.1, -0.05) is 24.3 Å². The number of carbonyl (C=O) groups is 1. The predicted octanol–water partition coefficient (Wildman–Crippen LogP) is 3.90. The van der Waals surface area contributed by atoms with Crippen LogP contribution in [0.1, 0.15) is 17.2 Å². The molecule has 2 fully saturated rings. The molecular weight excluding hydrogens is 329 g/mol. The van der Waals surface area contributed by atoms with E-state index >= 15 is 0 Å². The van der Waals surface area contributed by atoms with E-state index in [1.165, 1.54) is 23.3 Å². The van der Waals surface area contributed by atoms with E-state index in [1.807, 2.05) is 4.90 Å². The fourth-order valence-corrected chi connectivity index (χ4v) is 4.55. The molecule has 136 valence electrons. The van der Waals surface area contributed by atoms with E-state index < -0.39 is 0 Å². The van der Waals surface area contributed by atoms with Crippen LogP contribution in [-0.4, -0.2) is 42.5 Å². The Balaban J connectivity index is 1.48. The molecule has 2 saturated heterocycles. The van der Waals surface area contributed by atoms with Crippen molar-refractivity contribution in [3.63, 3.8) is 0 Å². The van der Waals surface area contributed by atoms with Crippen molar-refractivity contribution in [1.29, 1.82) is 0 Å². The van der Waals surface area contributed by atoms with Crippen LogP contribution in [0, 0.1) is 24.6 Å². The van der Waals surface area contributed by atoms with Gasteiger partial charge in [0.25, 0.3) is 0 Å². The molecule has 5 heteroatoms. The van der Waals surface area contributed by atoms with Crippen LogP contribution in [0.25, 0.3) is 0 Å². The van der Waals surface area contributed by atoms with E-state index in [1.54, 1.807) is 12.1 Å². The van der Waals surface area contributed by atoms with Gasteiger partial charge in [0.05, 0.1) is 0 Å². The molecular formula is C21H24FN3O. The maximum absolute atomic E-state index is 13.0. The number of carbonyl (C=O) groups excluding carboxylic acids is 1. The van der Waals surface area contributed by atoms with Gasteiger partial charge in [0.15, 0.2) is 0 Å². The van der Waals surface area contributed by atoms with Gasteiger partial charge >= 0.3 is 6.03 Å². The Hall–Kier alpha value is -2.40. The van der Waals surface area contributed by atoms with Crippen molar-refractivity contribution >= 4 is 11.7 Å². The predicted molar refractivity (Wildman–Crippen MR) is 101 cm³/mol. The number of hydrogen-bond donors (Lipinski definition) is 1. The fourth-order valence-electron chi connectivity index (χ4n) is 4.55. The molecule has 2 aromatic rings. The maximum atomic E-state index is 13.0. The van der Waals surface area contributed by atoms with Crippen molar-refractivity contribution in [2.45, 2.75) is 13.0 Å². The summed E-state index contributed by atoms with van der Waals surface area (Å²) in [7, 11) is 2.18. The van der Waals surface area contributed by atoms with Crippen molar-refractivity contribution in [1.82, 2.24) is 9.80 Å². The van der Waals surface area contributed by atoms with Gasteiger partial charge in [-0.25, -0.2) is 9.18 Å². The minimum Gasteiger partial charge on any atom is -0.324 e. The van der Waals surface area contributed by atoms with Gasteiger partial charge in [-0.15, -0.1) is 0 Å². The third-order valence-electron chi connectivity index (χ3n) is 5.78. The Morgan fingerprint density at radius 2 is 1.81 bits per heavy atom. The van der Waals surface area contributed by atoms with Crippen molar-refractivity contribution in [3.8, 4) is 0 Å². The third kappa shape index (κ3) is 3.07. The van der Waals surface area contributed by atoms with Gasteiger partial charge in [0.2, 0.25) is 0 Å². The first-order chi connectivity index (χ1) is 12.5. The number of urea groups is 1. The number of fused-ring (bicyclic) bond motifs is 1. The largest absolute Gasteiger partial charge is 0.324 e. The summed E-state index contributed by atoms with van der Waals surface area (Å²) >= 11 is 0. The molecule has 0 saturated carbocycles. The molecule has 3 atom stereocenters. The minimum atomic E-state index is -0.303. The standard InChI is InChI=1S/C21H24FN3O/c1-14-5-3-4-6-18(14)20-19-13-25(12-15(19)11-24(20)2)21(26)23-17-9-7-16(22)8-10-17/h3-10,15,19-20H,11-13H2,1-2H3,(H,23,26)/t15-,19+,20-/m0/s1. The zero-order chi connectivity index (χ0) is 18.3. The second kappa shape index (κ2) is 6.72. The lowest BCUT2D eigenvalue weighted by molar-refractivity contribution is 0.205. The lowest BCUT2D eigenvalue weighted by atomic mass is 9.88. The van der Waals surface area contributed by atoms with Crippen molar-refractivity contribution in [3.05, 3.63) is 65.5 Å². The number of benzene rings is 2. The van der Waals surface area contributed by atoms with E-state index in [4.69, 9.17) is 0 Å². The van der Waals surface area contributed by atoms with Gasteiger partial charge in [-0.3, -0.25) is 4.90 Å². The molecule has 4 rings (SSSR count). The van der Waals surface area contributed by atoms with Crippen LogP contribution in [0.4, 0.5) is 14.9 Å². The molecule has 2 aromatic carbocycles. The number of hydrogen-bond acceptors (Lipinski definition) is 2. The summed E-state index contributed by atoms with van der Waals surface area (Å²) in [6, 6.07) is 14.7. The number of likely N-dealkylation sites (tertiary alicyclic amines) is 2. The van der Waals surface area contributed by atoms with E-state index in [-0.39, 0.29) is 11.8 Å². The van der Waals surface area contributed by atoms with Crippen LogP contribution in [0.5, 0.6) is 0 Å². The van der Waals surface area contributed by atoms with E-state index in [0.717, 1.165) is 19.6 Å². The number of nitrogens with one attached hydrogen (secondary N) is 1. The quantitative estimate of drug-likeness (QED) is 0.889. The first-order valence-electron chi connectivity index (χ1n) is 9.10. The summed E-state index contributed by atoms with van der Waals surface area (Å²) in [5.41, 5.74) is 3.29. The summed E-state index contributed by atoms with van der Waals surface area (Å²) in [4.78, 5) is 17.0. The highest BCUT2D eigenvalue weighted by Gasteiger charge is 2.47. The van der Waals surface area contributed by atoms with Gasteiger partial charge < -0.3 is 10.2 Å². The van der Waals surface area contributed by atoms with Crippen molar-refractivity contribution in [2.75, 3.05) is 32.0 Å². The molecule has 1 N–H and O–H groups in total. The summed E-state index contributed by atoms with van der Waals surface area (Å²) in [5, 5.41) is 2.88. The molecule has 2 amide bonds. The molecule has 0 bridgehead atoms. The number of rotatable bonds is 2. The van der Waals surface area contributed by atoms with Gasteiger partial charge in [-0.2, -0.15) is 0 Å². The van der Waals surface area contributed by atoms with Crippen molar-refractivity contribution in [2.24, 2.45) is 11.8 Å². The number of nitrogens with zero attached hydrogens (tertiary/aromatic N) is 2. The van der Waals surface area contributed by atoms with E-state index in [2.05, 4.69) is 48.5 Å². The van der Waals surface area contributed by atoms with Crippen LogP contribution in [0.2, 0.25) is 0 Å². The molecule has 2 aliphatic heterocycles. The molecule has 4 nitrogen and oxygen atoms in total. The minimum absolute atomic E-state index is 0.0998. The number of halogens is 1. The number of anilines is 1. The monoisotopic (exact) mass is 353 g/mol. The lowest BCUT2D eigenvalue weighted by Crippen LogP contribution is -2.36. The Bertz CT molecular complexity index is 807. The second-order valence-electron chi connectivity index (χ2n) is 7.51. The highest BCUT2D eigenvalue weighted by molar-refractivity contribution is 5.89. The molecule has 2 heterocycles. The molecule has 0 unspecified atom stereocenters. The SMILES string of the molecule is Cc1ccccc1[C@H]1[C@@H]2CN(C(=O)Nc3ccc(F)cc3)C[C@@H]2CN1C. The Kier molecular flexibility index (Phi) is 4.41. The van der Waals surface area contributed by atoms with Crippen LogP contribution >= 0.6 is 0 Å². The summed E-state index contributed by atoms with van der Waals surface area (Å²) in [6.45, 7) is 4.68. The normalized spacial score (nSPS) is 25.3. The van der Waals surface area contributed by atoms with Crippen LogP contribution in [0.15, 0.2) is 48.5 Å². The molecule has 26 heavy (non-hydrogen) atoms. The van der Waals surface area contributed by atoms with E-state index in [9.17, 15) is 9.18 Å². The van der Waals surface area contributed by atoms with Crippen molar-refractivity contribution < 1.29 is 9.18 Å². The van der Waals surface area contributed by atoms with Gasteiger partial charge in [0.1, 0.15) is 5.82 Å². The summed E-state index contributed by atoms with van der Waals surface area (Å²) < 4.78 is 13.0. The third-order valence-corrected chi connectivity index (χ3v) is 5.78. The molecule has 0 aromatic heterocycles. The topological polar surface area (TPSA) is 35.6 Å². The van der Waals surface area contributed by atoms with E-state index in [0.29, 0.717) is 23.6 Å². The molecule has 2 aliphatic rings. The smallest absolute Gasteiger partial charge is 0.321 e. The Labute approximate surface area is 153 Å². The lowest BCUT2D eigenvalue weighted by Gasteiger charge is -2.28. The summed E-state index contributed by atoms with van der Waals surface area (Å²) in [6.07, 6.45) is 0. The first kappa shape index (κ1) is 17.0. The van der Waals surface area contributed by atoms with Gasteiger partial charge in [-0.05, 0) is 55.3 Å². The molecule has 0 aliphatic carbocycles. The van der Waals surface area contributed by atoms with Crippen LogP contribution in [0.3, 0.4) is 0 Å². The second-order valence-corrected chi connectivity index (χ2v) is 7.51. The zero-order valence-corrected chi connectivity index (χ0v) is 15.2. The van der Waals surface area contributed by atoms with Crippen LogP contribution in [-0.2, 0) is 0 Å². The first-order valence-corrected chi connectivity index (χ1v) is 9.10. The molecule has 0 radical (unpaired) electrons. The fraction of sp³-hybridized carbons (Fsp3) is 0.381. The molecule has 0 spiro atoms. The maximum Gasteiger partial charge on any atom is 0.321 e. The van der Waals surface area contributed by atoms with Crippen LogP contribution < -0.4 is 5.32 Å². The summed E-state index contributed by atoms with van der Waals surface area (Å²) in [5.74, 6) is 0.631. The zero-order valence-electron chi connectivity index (χ0n) is 15.2.